The van der Waals surface area contributed by atoms with Crippen LogP contribution in [0.25, 0.3) is 0 Å². The van der Waals surface area contributed by atoms with E-state index < -0.39 is 5.97 Å². The van der Waals surface area contributed by atoms with Crippen molar-refractivity contribution in [1.29, 1.82) is 0 Å². The van der Waals surface area contributed by atoms with Gasteiger partial charge < -0.3 is 5.11 Å². The lowest BCUT2D eigenvalue weighted by atomic mass is 9.95. The second-order valence-corrected chi connectivity index (χ2v) is 6.15. The zero-order valence-electron chi connectivity index (χ0n) is 12.0. The first kappa shape index (κ1) is 13.6. The molecule has 1 aromatic carbocycles. The molecule has 2 aliphatic rings. The number of carboxylic acids is 1. The molecule has 3 heteroatoms. The molecule has 0 amide bonds. The molecule has 1 saturated carbocycles. The molecule has 1 N–H and O–H groups in total. The maximum absolute atomic E-state index is 11.1. The highest BCUT2D eigenvalue weighted by Crippen LogP contribution is 2.27. The van der Waals surface area contributed by atoms with E-state index in [9.17, 15) is 4.79 Å². The average molecular weight is 273 g/mol. The summed E-state index contributed by atoms with van der Waals surface area (Å²) in [7, 11) is 0. The third kappa shape index (κ3) is 2.88. The minimum Gasteiger partial charge on any atom is -0.478 e. The van der Waals surface area contributed by atoms with Crippen molar-refractivity contribution in [1.82, 2.24) is 4.90 Å². The first-order chi connectivity index (χ1) is 9.74. The topological polar surface area (TPSA) is 40.5 Å². The molecule has 3 nitrogen and oxygen atoms in total. The summed E-state index contributed by atoms with van der Waals surface area (Å²) in [5, 5.41) is 9.12. The fourth-order valence-electron chi connectivity index (χ4n) is 3.65. The maximum Gasteiger partial charge on any atom is 0.335 e. The van der Waals surface area contributed by atoms with Crippen molar-refractivity contribution < 1.29 is 9.90 Å². The molecule has 0 aromatic heterocycles. The highest BCUT2D eigenvalue weighted by Gasteiger charge is 2.24. The molecule has 0 radical (unpaired) electrons. The van der Waals surface area contributed by atoms with Gasteiger partial charge >= 0.3 is 5.97 Å². The number of nitrogens with zero attached hydrogens (tertiary/aromatic N) is 1. The van der Waals surface area contributed by atoms with E-state index in [1.807, 2.05) is 12.1 Å². The fraction of sp³-hybridized carbons (Fsp3) is 0.588. The van der Waals surface area contributed by atoms with Crippen LogP contribution < -0.4 is 0 Å². The van der Waals surface area contributed by atoms with Crippen molar-refractivity contribution >= 4 is 5.97 Å². The van der Waals surface area contributed by atoms with Gasteiger partial charge in [-0.25, -0.2) is 4.79 Å². The van der Waals surface area contributed by atoms with Gasteiger partial charge in [0.1, 0.15) is 0 Å². The number of fused-ring (bicyclic) bond motifs is 1. The summed E-state index contributed by atoms with van der Waals surface area (Å²) < 4.78 is 0. The van der Waals surface area contributed by atoms with Crippen LogP contribution in [0.5, 0.6) is 0 Å². The minimum atomic E-state index is -0.820. The van der Waals surface area contributed by atoms with Gasteiger partial charge in [0.2, 0.25) is 0 Å². The number of hydrogen-bond acceptors (Lipinski definition) is 2. The van der Waals surface area contributed by atoms with E-state index in [2.05, 4.69) is 4.90 Å². The van der Waals surface area contributed by atoms with Crippen LogP contribution in [0.1, 0.15) is 60.0 Å². The highest BCUT2D eigenvalue weighted by atomic mass is 16.4. The van der Waals surface area contributed by atoms with E-state index in [0.717, 1.165) is 19.5 Å². The third-order valence-electron chi connectivity index (χ3n) is 4.84. The minimum absolute atomic E-state index is 0.423. The number of carbonyl (C=O) groups is 1. The summed E-state index contributed by atoms with van der Waals surface area (Å²) in [6, 6.07) is 6.32. The van der Waals surface area contributed by atoms with Crippen LogP contribution in [0.15, 0.2) is 18.2 Å². The van der Waals surface area contributed by atoms with Gasteiger partial charge in [-0.15, -0.1) is 0 Å². The molecule has 108 valence electrons. The van der Waals surface area contributed by atoms with E-state index >= 15 is 0 Å². The lowest BCUT2D eigenvalue weighted by molar-refractivity contribution is 0.0696. The Morgan fingerprint density at radius 1 is 1.10 bits per heavy atom. The van der Waals surface area contributed by atoms with Crippen LogP contribution in [0.3, 0.4) is 0 Å². The molecular weight excluding hydrogens is 250 g/mol. The van der Waals surface area contributed by atoms with Crippen molar-refractivity contribution in [3.8, 4) is 0 Å². The van der Waals surface area contributed by atoms with Crippen molar-refractivity contribution in [2.24, 2.45) is 0 Å². The Labute approximate surface area is 120 Å². The monoisotopic (exact) mass is 273 g/mol. The first-order valence-corrected chi connectivity index (χ1v) is 7.83. The molecule has 0 unspecified atom stereocenters. The van der Waals surface area contributed by atoms with E-state index in [0.29, 0.717) is 11.6 Å². The average Bonchev–Trinajstić information content (AvgIpc) is 2.75. The van der Waals surface area contributed by atoms with E-state index in [-0.39, 0.29) is 0 Å². The number of aromatic carboxylic acids is 1. The van der Waals surface area contributed by atoms with Crippen LogP contribution in [0.2, 0.25) is 0 Å². The van der Waals surface area contributed by atoms with Crippen molar-refractivity contribution in [3.05, 3.63) is 34.9 Å². The quantitative estimate of drug-likeness (QED) is 0.839. The summed E-state index contributed by atoms with van der Waals surface area (Å²) in [5.74, 6) is -0.820. The zero-order valence-corrected chi connectivity index (χ0v) is 12.0. The van der Waals surface area contributed by atoms with Gasteiger partial charge in [-0.1, -0.05) is 31.7 Å². The molecule has 1 heterocycles. The van der Waals surface area contributed by atoms with Crippen LogP contribution in [0.4, 0.5) is 0 Å². The maximum atomic E-state index is 11.1. The van der Waals surface area contributed by atoms with E-state index in [4.69, 9.17) is 5.11 Å². The normalized spacial score (nSPS) is 21.2. The van der Waals surface area contributed by atoms with Crippen LogP contribution >= 0.6 is 0 Å². The molecule has 0 spiro atoms. The Morgan fingerprint density at radius 3 is 2.55 bits per heavy atom. The van der Waals surface area contributed by atoms with Gasteiger partial charge in [0.25, 0.3) is 0 Å². The Balaban J connectivity index is 1.76. The Morgan fingerprint density at radius 2 is 1.85 bits per heavy atom. The molecule has 3 rings (SSSR count). The van der Waals surface area contributed by atoms with Gasteiger partial charge in [0.05, 0.1) is 5.56 Å². The molecule has 0 bridgehead atoms. The third-order valence-corrected chi connectivity index (χ3v) is 4.84. The van der Waals surface area contributed by atoms with Gasteiger partial charge in [0, 0.05) is 19.1 Å². The Hall–Kier alpha value is -1.35. The van der Waals surface area contributed by atoms with Gasteiger partial charge in [0.15, 0.2) is 0 Å². The summed E-state index contributed by atoms with van der Waals surface area (Å²) in [6.45, 7) is 2.06. The van der Waals surface area contributed by atoms with Crippen molar-refractivity contribution in [2.75, 3.05) is 6.54 Å². The summed E-state index contributed by atoms with van der Waals surface area (Å²) in [6.07, 6.45) is 9.15. The predicted molar refractivity (Wildman–Crippen MR) is 79.0 cm³/mol. The standard InChI is InChI=1S/C17H23NO2/c19-17(20)14-8-7-13-9-10-18(12-15(13)11-14)16-5-3-1-2-4-6-16/h7-8,11,16H,1-6,9-10,12H2,(H,19,20). The summed E-state index contributed by atoms with van der Waals surface area (Å²) in [4.78, 5) is 13.7. The molecular formula is C17H23NO2. The summed E-state index contributed by atoms with van der Waals surface area (Å²) in [5.41, 5.74) is 2.98. The Kier molecular flexibility index (Phi) is 4.06. The van der Waals surface area contributed by atoms with E-state index in [1.54, 1.807) is 6.07 Å². The number of hydrogen-bond donors (Lipinski definition) is 1. The highest BCUT2D eigenvalue weighted by molar-refractivity contribution is 5.87. The molecule has 0 saturated heterocycles. The predicted octanol–water partition coefficient (Wildman–Crippen LogP) is 3.47. The van der Waals surface area contributed by atoms with Gasteiger partial charge in [-0.3, -0.25) is 4.90 Å². The lowest BCUT2D eigenvalue weighted by Gasteiger charge is -2.35. The number of carboxylic acid groups (broad SMARTS) is 1. The zero-order chi connectivity index (χ0) is 13.9. The number of benzene rings is 1. The lowest BCUT2D eigenvalue weighted by Crippen LogP contribution is -2.39. The molecule has 0 atom stereocenters. The molecule has 1 aliphatic heterocycles. The molecule has 1 aromatic rings. The largest absolute Gasteiger partial charge is 0.478 e. The smallest absolute Gasteiger partial charge is 0.335 e. The van der Waals surface area contributed by atoms with Crippen LogP contribution in [0, 0.1) is 0 Å². The second-order valence-electron chi connectivity index (χ2n) is 6.15. The van der Waals surface area contributed by atoms with E-state index in [1.165, 1.54) is 49.7 Å². The second kappa shape index (κ2) is 5.96. The number of rotatable bonds is 2. The van der Waals surface area contributed by atoms with Crippen LogP contribution in [-0.4, -0.2) is 28.6 Å². The first-order valence-electron chi connectivity index (χ1n) is 7.83. The molecule has 20 heavy (non-hydrogen) atoms. The van der Waals surface area contributed by atoms with Gasteiger partial charge in [-0.2, -0.15) is 0 Å². The Bertz CT molecular complexity index is 490. The van der Waals surface area contributed by atoms with Gasteiger partial charge in [-0.05, 0) is 42.5 Å². The SMILES string of the molecule is O=C(O)c1ccc2c(c1)CN(C1CCCCCC1)CC2. The molecule has 1 aliphatic carbocycles. The van der Waals surface area contributed by atoms with Crippen molar-refractivity contribution in [2.45, 2.75) is 57.5 Å². The molecule has 1 fully saturated rings. The summed E-state index contributed by atoms with van der Waals surface area (Å²) >= 11 is 0. The van der Waals surface area contributed by atoms with Crippen molar-refractivity contribution in [3.63, 3.8) is 0 Å². The fourth-order valence-corrected chi connectivity index (χ4v) is 3.65. The van der Waals surface area contributed by atoms with Crippen LogP contribution in [-0.2, 0) is 13.0 Å².